The molecule has 0 aromatic carbocycles. The number of aliphatic hydroxyl groups is 1. The van der Waals surface area contributed by atoms with E-state index in [1.165, 1.54) is 6.42 Å². The van der Waals surface area contributed by atoms with Gasteiger partial charge in [0.25, 0.3) is 0 Å². The quantitative estimate of drug-likeness (QED) is 0.803. The molecule has 1 aliphatic carbocycles. The maximum absolute atomic E-state index is 12.0. The fraction of sp³-hybridized carbons (Fsp3) is 0.929. The number of hydrogen-bond donors (Lipinski definition) is 2. The lowest BCUT2D eigenvalue weighted by Gasteiger charge is -2.35. The van der Waals surface area contributed by atoms with Crippen LogP contribution in [0.25, 0.3) is 0 Å². The second-order valence-corrected chi connectivity index (χ2v) is 6.11. The third kappa shape index (κ3) is 3.23. The van der Waals surface area contributed by atoms with Gasteiger partial charge in [0, 0.05) is 13.2 Å². The first kappa shape index (κ1) is 13.8. The summed E-state index contributed by atoms with van der Waals surface area (Å²) < 4.78 is 5.40. The van der Waals surface area contributed by atoms with E-state index in [0.29, 0.717) is 19.1 Å². The van der Waals surface area contributed by atoms with Crippen LogP contribution in [0.15, 0.2) is 0 Å². The molecule has 0 aromatic rings. The van der Waals surface area contributed by atoms with E-state index in [2.05, 4.69) is 12.2 Å². The molecule has 1 saturated carbocycles. The van der Waals surface area contributed by atoms with Gasteiger partial charge in [-0.25, -0.2) is 0 Å². The summed E-state index contributed by atoms with van der Waals surface area (Å²) in [6, 6.07) is 0. The molecule has 2 fully saturated rings. The fourth-order valence-corrected chi connectivity index (χ4v) is 3.25. The van der Waals surface area contributed by atoms with Crippen molar-refractivity contribution < 1.29 is 14.6 Å². The highest BCUT2D eigenvalue weighted by molar-refractivity contribution is 5.79. The molecular formula is C14H25NO3. The Balaban J connectivity index is 1.81. The maximum atomic E-state index is 12.0. The summed E-state index contributed by atoms with van der Waals surface area (Å²) in [5.41, 5.74) is -0.698. The van der Waals surface area contributed by atoms with Gasteiger partial charge in [-0.1, -0.05) is 19.8 Å². The number of carbonyl (C=O) groups is 1. The zero-order chi connectivity index (χ0) is 13.2. The molecule has 1 amide bonds. The monoisotopic (exact) mass is 255 g/mol. The Bertz CT molecular complexity index is 307. The van der Waals surface area contributed by atoms with Crippen LogP contribution in [-0.4, -0.2) is 35.9 Å². The van der Waals surface area contributed by atoms with Gasteiger partial charge in [0.05, 0.1) is 17.6 Å². The number of carbonyl (C=O) groups excluding carboxylic acids is 1. The van der Waals surface area contributed by atoms with Crippen molar-refractivity contribution in [1.82, 2.24) is 5.32 Å². The number of nitrogens with one attached hydrogen (secondary N) is 1. The van der Waals surface area contributed by atoms with Crippen LogP contribution in [0.2, 0.25) is 0 Å². The van der Waals surface area contributed by atoms with Gasteiger partial charge in [0.1, 0.15) is 0 Å². The van der Waals surface area contributed by atoms with Crippen molar-refractivity contribution in [3.63, 3.8) is 0 Å². The van der Waals surface area contributed by atoms with Gasteiger partial charge >= 0.3 is 0 Å². The van der Waals surface area contributed by atoms with Crippen LogP contribution >= 0.6 is 0 Å². The van der Waals surface area contributed by atoms with Crippen molar-refractivity contribution in [3.8, 4) is 0 Å². The van der Waals surface area contributed by atoms with Gasteiger partial charge in [0.2, 0.25) is 5.91 Å². The minimum atomic E-state index is -0.698. The Morgan fingerprint density at radius 3 is 2.83 bits per heavy atom. The van der Waals surface area contributed by atoms with Crippen LogP contribution in [0.3, 0.4) is 0 Å². The number of rotatable bonds is 3. The molecule has 104 valence electrons. The number of hydrogen-bond acceptors (Lipinski definition) is 3. The Morgan fingerprint density at radius 1 is 1.44 bits per heavy atom. The Labute approximate surface area is 109 Å². The topological polar surface area (TPSA) is 58.6 Å². The van der Waals surface area contributed by atoms with E-state index < -0.39 is 5.60 Å². The number of amides is 1. The van der Waals surface area contributed by atoms with Crippen LogP contribution in [-0.2, 0) is 9.53 Å². The molecule has 2 rings (SSSR count). The summed E-state index contributed by atoms with van der Waals surface area (Å²) in [4.78, 5) is 12.0. The predicted molar refractivity (Wildman–Crippen MR) is 69.1 cm³/mol. The van der Waals surface area contributed by atoms with Crippen molar-refractivity contribution in [3.05, 3.63) is 0 Å². The lowest BCUT2D eigenvalue weighted by molar-refractivity contribution is -0.128. The van der Waals surface area contributed by atoms with Gasteiger partial charge in [-0.15, -0.1) is 0 Å². The van der Waals surface area contributed by atoms with Gasteiger partial charge in [-0.05, 0) is 32.1 Å². The highest BCUT2D eigenvalue weighted by Crippen LogP contribution is 2.31. The van der Waals surface area contributed by atoms with Crippen molar-refractivity contribution in [2.45, 2.75) is 57.7 Å². The van der Waals surface area contributed by atoms with E-state index in [1.807, 2.05) is 6.92 Å². The van der Waals surface area contributed by atoms with Crippen LogP contribution in [0.1, 0.15) is 46.0 Å². The van der Waals surface area contributed by atoms with E-state index in [1.54, 1.807) is 0 Å². The molecule has 1 aliphatic heterocycles. The molecule has 0 radical (unpaired) electrons. The molecule has 4 heteroatoms. The summed E-state index contributed by atoms with van der Waals surface area (Å²) >= 11 is 0. The zero-order valence-electron chi connectivity index (χ0n) is 11.4. The van der Waals surface area contributed by atoms with E-state index >= 15 is 0 Å². The summed E-state index contributed by atoms with van der Waals surface area (Å²) in [7, 11) is 0. The predicted octanol–water partition coefficient (Wildman–Crippen LogP) is 1.47. The highest BCUT2D eigenvalue weighted by atomic mass is 16.5. The normalized spacial score (nSPS) is 40.7. The molecule has 0 spiro atoms. The fourth-order valence-electron chi connectivity index (χ4n) is 3.25. The second kappa shape index (κ2) is 5.57. The first-order chi connectivity index (χ1) is 8.50. The van der Waals surface area contributed by atoms with E-state index in [9.17, 15) is 9.90 Å². The molecule has 2 aliphatic rings. The molecule has 4 unspecified atom stereocenters. The molecule has 1 saturated heterocycles. The summed E-state index contributed by atoms with van der Waals surface area (Å²) in [5.74, 6) is 0.538. The van der Waals surface area contributed by atoms with E-state index in [0.717, 1.165) is 25.7 Å². The van der Waals surface area contributed by atoms with Crippen LogP contribution in [0.5, 0.6) is 0 Å². The maximum Gasteiger partial charge on any atom is 0.225 e. The van der Waals surface area contributed by atoms with E-state index in [4.69, 9.17) is 4.74 Å². The third-order valence-corrected chi connectivity index (χ3v) is 4.37. The van der Waals surface area contributed by atoms with Crippen LogP contribution < -0.4 is 5.32 Å². The standard InChI is InChI=1S/C14H25NO3/c1-10-4-3-6-14(17,8-10)9-15-13(16)12-5-7-18-11(12)2/h10-12,17H,3-9H2,1-2H3,(H,15,16). The second-order valence-electron chi connectivity index (χ2n) is 6.11. The Morgan fingerprint density at radius 2 is 2.22 bits per heavy atom. The summed E-state index contributed by atoms with van der Waals surface area (Å²) in [5, 5.41) is 13.4. The lowest BCUT2D eigenvalue weighted by Crippen LogP contribution is -2.47. The van der Waals surface area contributed by atoms with Crippen molar-refractivity contribution >= 4 is 5.91 Å². The molecule has 2 N–H and O–H groups in total. The molecule has 1 heterocycles. The third-order valence-electron chi connectivity index (χ3n) is 4.37. The first-order valence-corrected chi connectivity index (χ1v) is 7.12. The molecule has 18 heavy (non-hydrogen) atoms. The summed E-state index contributed by atoms with van der Waals surface area (Å²) in [6.07, 6.45) is 4.63. The lowest BCUT2D eigenvalue weighted by atomic mass is 9.79. The Hall–Kier alpha value is -0.610. The average Bonchev–Trinajstić information content (AvgIpc) is 2.72. The van der Waals surface area contributed by atoms with Crippen molar-refractivity contribution in [2.24, 2.45) is 11.8 Å². The SMILES string of the molecule is CC1CCCC(O)(CNC(=O)C2CCOC2C)C1. The highest BCUT2D eigenvalue weighted by Gasteiger charge is 2.35. The van der Waals surface area contributed by atoms with Gasteiger partial charge in [-0.3, -0.25) is 4.79 Å². The number of ether oxygens (including phenoxy) is 1. The van der Waals surface area contributed by atoms with Crippen LogP contribution in [0.4, 0.5) is 0 Å². The molecule has 4 atom stereocenters. The van der Waals surface area contributed by atoms with Crippen molar-refractivity contribution in [2.75, 3.05) is 13.2 Å². The van der Waals surface area contributed by atoms with Gasteiger partial charge in [0.15, 0.2) is 0 Å². The molecule has 0 bridgehead atoms. The Kier molecular flexibility index (Phi) is 4.28. The average molecular weight is 255 g/mol. The molecule has 4 nitrogen and oxygen atoms in total. The molecular weight excluding hydrogens is 230 g/mol. The minimum Gasteiger partial charge on any atom is -0.388 e. The first-order valence-electron chi connectivity index (χ1n) is 7.12. The zero-order valence-corrected chi connectivity index (χ0v) is 11.4. The molecule has 0 aromatic heterocycles. The smallest absolute Gasteiger partial charge is 0.225 e. The van der Waals surface area contributed by atoms with E-state index in [-0.39, 0.29) is 17.9 Å². The van der Waals surface area contributed by atoms with Gasteiger partial charge < -0.3 is 15.2 Å². The van der Waals surface area contributed by atoms with Gasteiger partial charge in [-0.2, -0.15) is 0 Å². The van der Waals surface area contributed by atoms with Crippen molar-refractivity contribution in [1.29, 1.82) is 0 Å². The largest absolute Gasteiger partial charge is 0.388 e. The summed E-state index contributed by atoms with van der Waals surface area (Å²) in [6.45, 7) is 5.16. The minimum absolute atomic E-state index is 0.00456. The van der Waals surface area contributed by atoms with Crippen LogP contribution in [0, 0.1) is 11.8 Å².